The van der Waals surface area contributed by atoms with Crippen LogP contribution in [0.5, 0.6) is 0 Å². The molecule has 3 heterocycles. The molecule has 3 rings (SSSR count). The molecule has 19 heavy (non-hydrogen) atoms. The maximum Gasteiger partial charge on any atom is 0.225 e. The van der Waals surface area contributed by atoms with Crippen LogP contribution in [0, 0.1) is 0 Å². The largest absolute Gasteiger partial charge is 0.351 e. The minimum atomic E-state index is 0.314. The van der Waals surface area contributed by atoms with Gasteiger partial charge in [-0.1, -0.05) is 6.07 Å². The Hall–Kier alpha value is -1.17. The van der Waals surface area contributed by atoms with E-state index in [-0.39, 0.29) is 0 Å². The highest BCUT2D eigenvalue weighted by Crippen LogP contribution is 2.30. The Morgan fingerprint density at radius 1 is 1.21 bits per heavy atom. The fourth-order valence-corrected chi connectivity index (χ4v) is 3.68. The number of anilines is 1. The van der Waals surface area contributed by atoms with Gasteiger partial charge in [-0.2, -0.15) is 4.98 Å². The van der Waals surface area contributed by atoms with Crippen molar-refractivity contribution < 1.29 is 0 Å². The molecule has 0 spiro atoms. The van der Waals surface area contributed by atoms with Gasteiger partial charge >= 0.3 is 0 Å². The molecule has 0 aliphatic rings. The van der Waals surface area contributed by atoms with Gasteiger partial charge in [-0.05, 0) is 41.4 Å². The number of halogens is 1. The average molecular weight is 310 g/mol. The predicted octanol–water partition coefficient (Wildman–Crippen LogP) is 4.43. The topological polar surface area (TPSA) is 29.0 Å². The van der Waals surface area contributed by atoms with Crippen molar-refractivity contribution in [3.8, 4) is 0 Å². The van der Waals surface area contributed by atoms with Crippen LogP contribution in [-0.2, 0) is 6.54 Å². The molecular formula is C13H12ClN3S2. The molecule has 3 aromatic rings. The Labute approximate surface area is 124 Å². The highest BCUT2D eigenvalue weighted by Gasteiger charge is 2.14. The van der Waals surface area contributed by atoms with E-state index in [0.29, 0.717) is 5.28 Å². The van der Waals surface area contributed by atoms with Crippen molar-refractivity contribution in [3.63, 3.8) is 0 Å². The van der Waals surface area contributed by atoms with Gasteiger partial charge in [-0.25, -0.2) is 4.98 Å². The van der Waals surface area contributed by atoms with Gasteiger partial charge in [0.05, 0.1) is 11.9 Å². The van der Waals surface area contributed by atoms with Crippen molar-refractivity contribution in [1.29, 1.82) is 0 Å². The zero-order valence-electron chi connectivity index (χ0n) is 10.3. The number of thiophene rings is 2. The zero-order valence-corrected chi connectivity index (χ0v) is 12.7. The molecule has 98 valence electrons. The van der Waals surface area contributed by atoms with E-state index >= 15 is 0 Å². The fourth-order valence-electron chi connectivity index (χ4n) is 1.98. The normalized spacial score (nSPS) is 11.1. The van der Waals surface area contributed by atoms with E-state index in [1.165, 1.54) is 4.88 Å². The van der Waals surface area contributed by atoms with Crippen LogP contribution < -0.4 is 4.90 Å². The number of rotatable bonds is 4. The van der Waals surface area contributed by atoms with Gasteiger partial charge in [0.25, 0.3) is 0 Å². The van der Waals surface area contributed by atoms with Crippen molar-refractivity contribution in [1.82, 2.24) is 9.97 Å². The number of hydrogen-bond acceptors (Lipinski definition) is 5. The van der Waals surface area contributed by atoms with Gasteiger partial charge in [0.15, 0.2) is 0 Å². The van der Waals surface area contributed by atoms with Crippen molar-refractivity contribution >= 4 is 50.3 Å². The van der Waals surface area contributed by atoms with E-state index in [4.69, 9.17) is 11.6 Å². The lowest BCUT2D eigenvalue weighted by Gasteiger charge is -2.22. The first-order chi connectivity index (χ1) is 9.28. The summed E-state index contributed by atoms with van der Waals surface area (Å²) in [5.41, 5.74) is 0. The third kappa shape index (κ3) is 2.59. The Morgan fingerprint density at radius 2 is 2.11 bits per heavy atom. The molecule has 0 unspecified atom stereocenters. The van der Waals surface area contributed by atoms with Crippen LogP contribution in [0.15, 0.2) is 29.0 Å². The number of aromatic nitrogens is 2. The minimum absolute atomic E-state index is 0.314. The summed E-state index contributed by atoms with van der Waals surface area (Å²) < 4.78 is 0. The van der Waals surface area contributed by atoms with E-state index in [2.05, 4.69) is 45.4 Å². The maximum atomic E-state index is 6.02. The molecule has 0 aliphatic heterocycles. The molecule has 0 fully saturated rings. The highest BCUT2D eigenvalue weighted by molar-refractivity contribution is 7.16. The van der Waals surface area contributed by atoms with Gasteiger partial charge in [0, 0.05) is 11.4 Å². The second kappa shape index (κ2) is 5.45. The quantitative estimate of drug-likeness (QED) is 0.667. The summed E-state index contributed by atoms with van der Waals surface area (Å²) in [4.78, 5) is 13.2. The molecule has 0 aliphatic carbocycles. The maximum absolute atomic E-state index is 6.02. The number of hydrogen-bond donors (Lipinski definition) is 0. The van der Waals surface area contributed by atoms with Gasteiger partial charge in [0.1, 0.15) is 10.6 Å². The third-order valence-corrected chi connectivity index (χ3v) is 4.72. The van der Waals surface area contributed by atoms with Gasteiger partial charge in [-0.15, -0.1) is 22.7 Å². The van der Waals surface area contributed by atoms with Crippen LogP contribution in [-0.4, -0.2) is 16.5 Å². The molecule has 0 saturated carbocycles. The van der Waals surface area contributed by atoms with Crippen LogP contribution in [0.25, 0.3) is 10.2 Å². The van der Waals surface area contributed by atoms with E-state index in [1.54, 1.807) is 22.7 Å². The highest BCUT2D eigenvalue weighted by atomic mass is 35.5. The van der Waals surface area contributed by atoms with Gasteiger partial charge in [-0.3, -0.25) is 0 Å². The van der Waals surface area contributed by atoms with Crippen molar-refractivity contribution in [2.24, 2.45) is 0 Å². The van der Waals surface area contributed by atoms with E-state index in [1.807, 2.05) is 5.38 Å². The summed E-state index contributed by atoms with van der Waals surface area (Å²) in [5.74, 6) is 0.923. The second-order valence-electron chi connectivity index (χ2n) is 4.05. The molecule has 3 aromatic heterocycles. The van der Waals surface area contributed by atoms with Crippen LogP contribution in [0.2, 0.25) is 5.28 Å². The monoisotopic (exact) mass is 309 g/mol. The molecule has 0 saturated heterocycles. The summed E-state index contributed by atoms with van der Waals surface area (Å²) in [5, 5.41) is 5.51. The van der Waals surface area contributed by atoms with Crippen LogP contribution in [0.1, 0.15) is 11.8 Å². The van der Waals surface area contributed by atoms with Gasteiger partial charge < -0.3 is 4.90 Å². The minimum Gasteiger partial charge on any atom is -0.351 e. The van der Waals surface area contributed by atoms with Crippen LogP contribution >= 0.6 is 34.3 Å². The number of nitrogens with zero attached hydrogens (tertiary/aromatic N) is 3. The molecule has 3 nitrogen and oxygen atoms in total. The van der Waals surface area contributed by atoms with E-state index < -0.39 is 0 Å². The summed E-state index contributed by atoms with van der Waals surface area (Å²) in [6.45, 7) is 3.87. The van der Waals surface area contributed by atoms with Crippen LogP contribution in [0.4, 0.5) is 5.82 Å². The lowest BCUT2D eigenvalue weighted by atomic mass is 10.3. The molecule has 0 aromatic carbocycles. The summed E-state index contributed by atoms with van der Waals surface area (Å²) >= 11 is 9.37. The Balaban J connectivity index is 2.03. The first kappa shape index (κ1) is 12.8. The lowest BCUT2D eigenvalue weighted by molar-refractivity contribution is 0.826. The smallest absolute Gasteiger partial charge is 0.225 e. The SMILES string of the molecule is CCN(Cc1cccs1)c1nc(Cl)nc2sccc12. The summed E-state index contributed by atoms with van der Waals surface area (Å²) in [7, 11) is 0. The van der Waals surface area contributed by atoms with Crippen molar-refractivity contribution in [3.05, 3.63) is 39.1 Å². The molecule has 0 bridgehead atoms. The predicted molar refractivity (Wildman–Crippen MR) is 83.5 cm³/mol. The van der Waals surface area contributed by atoms with E-state index in [0.717, 1.165) is 29.1 Å². The first-order valence-corrected chi connectivity index (χ1v) is 8.09. The molecule has 0 N–H and O–H groups in total. The standard InChI is InChI=1S/C13H12ClN3S2/c1-2-17(8-9-4-3-6-18-9)11-10-5-7-19-12(10)16-13(14)15-11/h3-7H,2,8H2,1H3. The van der Waals surface area contributed by atoms with E-state index in [9.17, 15) is 0 Å². The number of fused-ring (bicyclic) bond motifs is 1. The first-order valence-electron chi connectivity index (χ1n) is 5.96. The van der Waals surface area contributed by atoms with Crippen molar-refractivity contribution in [2.45, 2.75) is 13.5 Å². The summed E-state index contributed by atoms with van der Waals surface area (Å²) in [6.07, 6.45) is 0. The average Bonchev–Trinajstić information content (AvgIpc) is 3.05. The zero-order chi connectivity index (χ0) is 13.2. The Bertz CT molecular complexity index is 678. The molecular weight excluding hydrogens is 298 g/mol. The third-order valence-electron chi connectivity index (χ3n) is 2.89. The molecule has 0 radical (unpaired) electrons. The molecule has 0 atom stereocenters. The Morgan fingerprint density at radius 3 is 2.84 bits per heavy atom. The Kier molecular flexibility index (Phi) is 3.68. The molecule has 0 amide bonds. The van der Waals surface area contributed by atoms with Crippen molar-refractivity contribution in [2.75, 3.05) is 11.4 Å². The molecule has 6 heteroatoms. The van der Waals surface area contributed by atoms with Crippen LogP contribution in [0.3, 0.4) is 0 Å². The fraction of sp³-hybridized carbons (Fsp3) is 0.231. The van der Waals surface area contributed by atoms with Gasteiger partial charge in [0.2, 0.25) is 5.28 Å². The second-order valence-corrected chi connectivity index (χ2v) is 6.31. The lowest BCUT2D eigenvalue weighted by Crippen LogP contribution is -2.23. The summed E-state index contributed by atoms with van der Waals surface area (Å²) in [6, 6.07) is 6.27.